The molecule has 88 valence electrons. The van der Waals surface area contributed by atoms with E-state index in [1.807, 2.05) is 0 Å². The van der Waals surface area contributed by atoms with Crippen LogP contribution in [0.4, 0.5) is 0 Å². The monoisotopic (exact) mass is 226 g/mol. The van der Waals surface area contributed by atoms with Gasteiger partial charge in [-0.25, -0.2) is 4.79 Å². The Balaban J connectivity index is 2.66. The summed E-state index contributed by atoms with van der Waals surface area (Å²) in [5.74, 6) is -0.746. The number of aromatic hydroxyl groups is 2. The first-order valence-electron chi connectivity index (χ1n) is 5.05. The van der Waals surface area contributed by atoms with Gasteiger partial charge in [0.25, 0.3) is 0 Å². The van der Waals surface area contributed by atoms with E-state index in [-0.39, 0.29) is 17.5 Å². The SMILES string of the molecule is CCOC(=O)[C@@H]([NH3+])Cc1ccc(O)c(O)c1. The molecule has 5 heteroatoms. The van der Waals surface area contributed by atoms with Crippen molar-refractivity contribution in [3.05, 3.63) is 23.8 Å². The topological polar surface area (TPSA) is 94.4 Å². The number of esters is 1. The first-order valence-corrected chi connectivity index (χ1v) is 5.05. The zero-order valence-corrected chi connectivity index (χ0v) is 9.14. The zero-order chi connectivity index (χ0) is 12.1. The third-order valence-corrected chi connectivity index (χ3v) is 2.14. The molecule has 0 spiro atoms. The largest absolute Gasteiger partial charge is 0.504 e. The number of carbonyl (C=O) groups is 1. The van der Waals surface area contributed by atoms with Gasteiger partial charge in [-0.05, 0) is 24.6 Å². The fraction of sp³-hybridized carbons (Fsp3) is 0.364. The second-order valence-electron chi connectivity index (χ2n) is 3.48. The lowest BCUT2D eigenvalue weighted by atomic mass is 10.1. The molecule has 0 radical (unpaired) electrons. The molecule has 0 amide bonds. The number of phenolic OH excluding ortho intramolecular Hbond substituents is 2. The van der Waals surface area contributed by atoms with E-state index >= 15 is 0 Å². The van der Waals surface area contributed by atoms with E-state index in [9.17, 15) is 9.90 Å². The van der Waals surface area contributed by atoms with Crippen molar-refractivity contribution in [2.24, 2.45) is 0 Å². The lowest BCUT2D eigenvalue weighted by Gasteiger charge is -2.08. The first-order chi connectivity index (χ1) is 7.54. The lowest BCUT2D eigenvalue weighted by molar-refractivity contribution is -0.407. The van der Waals surface area contributed by atoms with Gasteiger partial charge >= 0.3 is 5.97 Å². The van der Waals surface area contributed by atoms with Gasteiger partial charge in [0.2, 0.25) is 0 Å². The van der Waals surface area contributed by atoms with Crippen LogP contribution in [0.15, 0.2) is 18.2 Å². The Hall–Kier alpha value is -1.75. The summed E-state index contributed by atoms with van der Waals surface area (Å²) in [6.45, 7) is 2.06. The van der Waals surface area contributed by atoms with Crippen molar-refractivity contribution in [3.63, 3.8) is 0 Å². The Morgan fingerprint density at radius 2 is 2.12 bits per heavy atom. The summed E-state index contributed by atoms with van der Waals surface area (Å²) >= 11 is 0. The van der Waals surface area contributed by atoms with Gasteiger partial charge in [-0.15, -0.1) is 0 Å². The number of carbonyl (C=O) groups excluding carboxylic acids is 1. The lowest BCUT2D eigenvalue weighted by Crippen LogP contribution is -2.66. The maximum absolute atomic E-state index is 11.3. The van der Waals surface area contributed by atoms with Gasteiger partial charge in [0.15, 0.2) is 17.5 Å². The van der Waals surface area contributed by atoms with E-state index in [1.54, 1.807) is 13.0 Å². The molecule has 0 fully saturated rings. The average molecular weight is 226 g/mol. The minimum atomic E-state index is -0.510. The molecule has 16 heavy (non-hydrogen) atoms. The Bertz CT molecular complexity index is 378. The number of hydrogen-bond acceptors (Lipinski definition) is 4. The highest BCUT2D eigenvalue weighted by Crippen LogP contribution is 2.25. The van der Waals surface area contributed by atoms with Crippen LogP contribution in [0, 0.1) is 0 Å². The standard InChI is InChI=1S/C11H15NO4/c1-2-16-11(15)8(12)5-7-3-4-9(13)10(14)6-7/h3-4,6,8,13-14H,2,5,12H2,1H3/p+1/t8-/m0/s1. The van der Waals surface area contributed by atoms with Crippen LogP contribution in [0.2, 0.25) is 0 Å². The number of rotatable bonds is 4. The van der Waals surface area contributed by atoms with Crippen LogP contribution in [0.25, 0.3) is 0 Å². The molecule has 1 aromatic carbocycles. The maximum atomic E-state index is 11.3. The summed E-state index contributed by atoms with van der Waals surface area (Å²) in [4.78, 5) is 11.3. The quantitative estimate of drug-likeness (QED) is 0.490. The van der Waals surface area contributed by atoms with Crippen LogP contribution in [0.3, 0.4) is 0 Å². The maximum Gasteiger partial charge on any atom is 0.365 e. The Morgan fingerprint density at radius 3 is 2.69 bits per heavy atom. The highest BCUT2D eigenvalue weighted by Gasteiger charge is 2.19. The third-order valence-electron chi connectivity index (χ3n) is 2.14. The van der Waals surface area contributed by atoms with Gasteiger partial charge in [-0.1, -0.05) is 6.07 Å². The third kappa shape index (κ3) is 3.13. The van der Waals surface area contributed by atoms with Crippen LogP contribution in [0.5, 0.6) is 11.5 Å². The highest BCUT2D eigenvalue weighted by atomic mass is 16.5. The Morgan fingerprint density at radius 1 is 1.44 bits per heavy atom. The van der Waals surface area contributed by atoms with E-state index in [0.29, 0.717) is 13.0 Å². The normalized spacial score (nSPS) is 12.1. The second-order valence-corrected chi connectivity index (χ2v) is 3.48. The Kier molecular flexibility index (Phi) is 4.13. The minimum absolute atomic E-state index is 0.180. The van der Waals surface area contributed by atoms with Crippen molar-refractivity contribution >= 4 is 5.97 Å². The minimum Gasteiger partial charge on any atom is -0.504 e. The van der Waals surface area contributed by atoms with Gasteiger partial charge in [0.05, 0.1) is 6.61 Å². The molecule has 0 saturated heterocycles. The molecule has 5 nitrogen and oxygen atoms in total. The van der Waals surface area contributed by atoms with Gasteiger partial charge in [-0.3, -0.25) is 0 Å². The van der Waals surface area contributed by atoms with Crippen molar-refractivity contribution in [2.75, 3.05) is 6.61 Å². The summed E-state index contributed by atoms with van der Waals surface area (Å²) in [5.41, 5.74) is 4.41. The van der Waals surface area contributed by atoms with Gasteiger partial charge in [0, 0.05) is 6.42 Å². The molecule has 1 rings (SSSR count). The van der Waals surface area contributed by atoms with Gasteiger partial charge < -0.3 is 20.7 Å². The smallest absolute Gasteiger partial charge is 0.365 e. The van der Waals surface area contributed by atoms with Crippen LogP contribution in [0.1, 0.15) is 12.5 Å². The van der Waals surface area contributed by atoms with Crippen molar-refractivity contribution in [1.82, 2.24) is 0 Å². The fourth-order valence-electron chi connectivity index (χ4n) is 1.32. The van der Waals surface area contributed by atoms with E-state index in [1.165, 1.54) is 12.1 Å². The molecular weight excluding hydrogens is 210 g/mol. The van der Waals surface area contributed by atoms with Crippen LogP contribution in [-0.2, 0) is 16.0 Å². The van der Waals surface area contributed by atoms with E-state index in [0.717, 1.165) is 5.56 Å². The van der Waals surface area contributed by atoms with Crippen LogP contribution in [-0.4, -0.2) is 28.8 Å². The van der Waals surface area contributed by atoms with Crippen LogP contribution < -0.4 is 5.73 Å². The highest BCUT2D eigenvalue weighted by molar-refractivity contribution is 5.74. The van der Waals surface area contributed by atoms with E-state index in [2.05, 4.69) is 5.73 Å². The molecule has 0 aliphatic rings. The summed E-state index contributed by atoms with van der Waals surface area (Å²) in [7, 11) is 0. The van der Waals surface area contributed by atoms with Crippen molar-refractivity contribution in [1.29, 1.82) is 0 Å². The average Bonchev–Trinajstić information content (AvgIpc) is 2.24. The fourth-order valence-corrected chi connectivity index (χ4v) is 1.32. The van der Waals surface area contributed by atoms with Gasteiger partial charge in [-0.2, -0.15) is 0 Å². The second kappa shape index (κ2) is 5.37. The molecule has 0 heterocycles. The molecule has 0 aliphatic carbocycles. The van der Waals surface area contributed by atoms with Crippen molar-refractivity contribution < 1.29 is 25.5 Å². The molecule has 1 aromatic rings. The summed E-state index contributed by atoms with van der Waals surface area (Å²) in [6, 6.07) is 3.91. The summed E-state index contributed by atoms with van der Waals surface area (Å²) < 4.78 is 4.82. The predicted octanol–water partition coefficient (Wildman–Crippen LogP) is -0.186. The molecule has 1 atom stereocenters. The van der Waals surface area contributed by atoms with E-state index in [4.69, 9.17) is 9.84 Å². The van der Waals surface area contributed by atoms with Crippen LogP contribution >= 0.6 is 0 Å². The number of benzene rings is 1. The molecule has 0 aromatic heterocycles. The number of ether oxygens (including phenoxy) is 1. The Labute approximate surface area is 93.5 Å². The summed E-state index contributed by atoms with van der Waals surface area (Å²) in [6.07, 6.45) is 0.368. The molecule has 0 bridgehead atoms. The molecular formula is C11H16NO4+. The zero-order valence-electron chi connectivity index (χ0n) is 9.14. The summed E-state index contributed by atoms with van der Waals surface area (Å²) in [5, 5.41) is 18.4. The van der Waals surface area contributed by atoms with E-state index < -0.39 is 6.04 Å². The van der Waals surface area contributed by atoms with Crippen molar-refractivity contribution in [2.45, 2.75) is 19.4 Å². The predicted molar refractivity (Wildman–Crippen MR) is 56.8 cm³/mol. The molecule has 0 unspecified atom stereocenters. The van der Waals surface area contributed by atoms with Crippen molar-refractivity contribution in [3.8, 4) is 11.5 Å². The number of quaternary nitrogens is 1. The molecule has 0 aliphatic heterocycles. The molecule has 5 N–H and O–H groups in total. The number of hydrogen-bond donors (Lipinski definition) is 3. The first kappa shape index (κ1) is 12.3. The van der Waals surface area contributed by atoms with Gasteiger partial charge in [0.1, 0.15) is 0 Å². The number of phenols is 2. The molecule has 0 saturated carbocycles.